The number of hydrogen-bond donors (Lipinski definition) is 0. The molecule has 0 saturated heterocycles. The maximum absolute atomic E-state index is 12.4. The van der Waals surface area contributed by atoms with Crippen LogP contribution in [0.1, 0.15) is 18.0 Å². The Morgan fingerprint density at radius 1 is 1.27 bits per heavy atom. The number of likely N-dealkylation sites (N-methyl/N-ethyl adjacent to an activating group) is 1. The van der Waals surface area contributed by atoms with E-state index < -0.39 is 4.92 Å². The Morgan fingerprint density at radius 3 is 2.62 bits per heavy atom. The highest BCUT2D eigenvalue weighted by molar-refractivity contribution is 7.18. The molecule has 1 heterocycles. The van der Waals surface area contributed by atoms with E-state index in [-0.39, 0.29) is 24.2 Å². The van der Waals surface area contributed by atoms with Crippen molar-refractivity contribution >= 4 is 33.1 Å². The molecule has 2 aromatic carbocycles. The van der Waals surface area contributed by atoms with Crippen LogP contribution in [-0.2, 0) is 4.79 Å². The van der Waals surface area contributed by atoms with Crippen LogP contribution in [0.3, 0.4) is 0 Å². The summed E-state index contributed by atoms with van der Waals surface area (Å²) in [7, 11) is 1.71. The minimum atomic E-state index is -0.484. The molecule has 1 aromatic heterocycles. The van der Waals surface area contributed by atoms with E-state index in [1.54, 1.807) is 23.3 Å². The lowest BCUT2D eigenvalue weighted by atomic mass is 10.3. The first kappa shape index (κ1) is 17.8. The molecule has 8 heteroatoms. The molecule has 134 valence electrons. The zero-order valence-electron chi connectivity index (χ0n) is 14.3. The van der Waals surface area contributed by atoms with E-state index in [4.69, 9.17) is 4.74 Å². The number of fused-ring (bicyclic) bond motifs is 1. The van der Waals surface area contributed by atoms with E-state index in [2.05, 4.69) is 4.98 Å². The first-order chi connectivity index (χ1) is 12.5. The van der Waals surface area contributed by atoms with Gasteiger partial charge in [-0.1, -0.05) is 12.1 Å². The van der Waals surface area contributed by atoms with Crippen LogP contribution in [-0.4, -0.2) is 34.4 Å². The molecule has 1 amide bonds. The fourth-order valence-corrected chi connectivity index (χ4v) is 3.42. The van der Waals surface area contributed by atoms with Gasteiger partial charge < -0.3 is 9.64 Å². The minimum Gasteiger partial charge on any atom is -0.484 e. The zero-order valence-corrected chi connectivity index (χ0v) is 15.1. The van der Waals surface area contributed by atoms with Crippen LogP contribution in [0.25, 0.3) is 10.2 Å². The molecule has 0 spiro atoms. The first-order valence-electron chi connectivity index (χ1n) is 7.94. The van der Waals surface area contributed by atoms with Crippen molar-refractivity contribution < 1.29 is 14.5 Å². The van der Waals surface area contributed by atoms with Crippen LogP contribution in [0, 0.1) is 10.1 Å². The molecule has 7 nitrogen and oxygen atoms in total. The minimum absolute atomic E-state index is 0.0229. The predicted octanol–water partition coefficient (Wildman–Crippen LogP) is 3.80. The normalized spacial score (nSPS) is 11.9. The van der Waals surface area contributed by atoms with Crippen LogP contribution in [0.2, 0.25) is 0 Å². The summed E-state index contributed by atoms with van der Waals surface area (Å²) in [6.45, 7) is 1.77. The predicted molar refractivity (Wildman–Crippen MR) is 99.4 cm³/mol. The van der Waals surface area contributed by atoms with Gasteiger partial charge in [0.1, 0.15) is 10.8 Å². The Balaban J connectivity index is 1.62. The number of para-hydroxylation sites is 1. The molecular formula is C18H17N3O4S. The molecule has 0 aliphatic rings. The van der Waals surface area contributed by atoms with E-state index in [0.29, 0.717) is 5.75 Å². The van der Waals surface area contributed by atoms with E-state index >= 15 is 0 Å². The lowest BCUT2D eigenvalue weighted by Crippen LogP contribution is -2.33. The van der Waals surface area contributed by atoms with Crippen molar-refractivity contribution in [1.29, 1.82) is 0 Å². The summed E-state index contributed by atoms with van der Waals surface area (Å²) >= 11 is 1.56. The molecule has 0 radical (unpaired) electrons. The molecular weight excluding hydrogens is 354 g/mol. The maximum atomic E-state index is 12.4. The van der Waals surface area contributed by atoms with E-state index in [1.165, 1.54) is 24.3 Å². The Kier molecular flexibility index (Phi) is 5.13. The number of ether oxygens (including phenoxy) is 1. The molecule has 0 unspecified atom stereocenters. The number of thiazole rings is 1. The van der Waals surface area contributed by atoms with E-state index in [9.17, 15) is 14.9 Å². The van der Waals surface area contributed by atoms with Gasteiger partial charge in [0.15, 0.2) is 6.61 Å². The molecule has 0 bridgehead atoms. The number of non-ortho nitro benzene ring substituents is 1. The third kappa shape index (κ3) is 3.80. The summed E-state index contributed by atoms with van der Waals surface area (Å²) in [5, 5.41) is 11.5. The molecule has 3 aromatic rings. The summed E-state index contributed by atoms with van der Waals surface area (Å²) in [4.78, 5) is 28.7. The van der Waals surface area contributed by atoms with Crippen molar-refractivity contribution in [2.45, 2.75) is 13.0 Å². The number of carbonyl (C=O) groups excluding carboxylic acids is 1. The summed E-state index contributed by atoms with van der Waals surface area (Å²) < 4.78 is 6.52. The number of carbonyl (C=O) groups is 1. The highest BCUT2D eigenvalue weighted by atomic mass is 32.1. The summed E-state index contributed by atoms with van der Waals surface area (Å²) in [6, 6.07) is 13.3. The van der Waals surface area contributed by atoms with Gasteiger partial charge in [-0.2, -0.15) is 0 Å². The number of hydrogen-bond acceptors (Lipinski definition) is 6. The number of rotatable bonds is 6. The van der Waals surface area contributed by atoms with Gasteiger partial charge in [0.2, 0.25) is 0 Å². The number of aromatic nitrogens is 1. The van der Waals surface area contributed by atoms with E-state index in [0.717, 1.165) is 15.2 Å². The number of nitro benzene ring substituents is 1. The van der Waals surface area contributed by atoms with Gasteiger partial charge in [-0.05, 0) is 31.2 Å². The van der Waals surface area contributed by atoms with Crippen LogP contribution in [0.5, 0.6) is 5.75 Å². The SMILES string of the molecule is C[C@H](c1nc2ccccc2s1)N(C)C(=O)COc1ccc([N+](=O)[O-])cc1. The molecule has 0 aliphatic heterocycles. The molecule has 0 fully saturated rings. The van der Waals surface area contributed by atoms with Crippen molar-refractivity contribution in [2.24, 2.45) is 0 Å². The van der Waals surface area contributed by atoms with E-state index in [1.807, 2.05) is 31.2 Å². The molecule has 3 rings (SSSR count). The molecule has 0 N–H and O–H groups in total. The smallest absolute Gasteiger partial charge is 0.269 e. The van der Waals surface area contributed by atoms with Crippen molar-refractivity contribution in [3.05, 3.63) is 63.7 Å². The van der Waals surface area contributed by atoms with Crippen molar-refractivity contribution in [1.82, 2.24) is 9.88 Å². The van der Waals surface area contributed by atoms with Gasteiger partial charge in [0.25, 0.3) is 11.6 Å². The second-order valence-corrected chi connectivity index (χ2v) is 6.80. The highest BCUT2D eigenvalue weighted by Crippen LogP contribution is 2.28. The maximum Gasteiger partial charge on any atom is 0.269 e. The van der Waals surface area contributed by atoms with Crippen LogP contribution in [0.4, 0.5) is 5.69 Å². The lowest BCUT2D eigenvalue weighted by molar-refractivity contribution is -0.384. The van der Waals surface area contributed by atoms with Gasteiger partial charge in [-0.15, -0.1) is 11.3 Å². The van der Waals surface area contributed by atoms with Crippen LogP contribution >= 0.6 is 11.3 Å². The van der Waals surface area contributed by atoms with Gasteiger partial charge in [0.05, 0.1) is 21.2 Å². The Morgan fingerprint density at radius 2 is 1.96 bits per heavy atom. The molecule has 26 heavy (non-hydrogen) atoms. The number of nitrogens with zero attached hydrogens (tertiary/aromatic N) is 3. The fraction of sp³-hybridized carbons (Fsp3) is 0.222. The summed E-state index contributed by atoms with van der Waals surface area (Å²) in [5.41, 5.74) is 0.896. The quantitative estimate of drug-likeness (QED) is 0.486. The average molecular weight is 371 g/mol. The highest BCUT2D eigenvalue weighted by Gasteiger charge is 2.21. The third-order valence-corrected chi connectivity index (χ3v) is 5.26. The number of amides is 1. The molecule has 0 aliphatic carbocycles. The Bertz CT molecular complexity index is 906. The second kappa shape index (κ2) is 7.49. The third-order valence-electron chi connectivity index (χ3n) is 4.05. The zero-order chi connectivity index (χ0) is 18.7. The van der Waals surface area contributed by atoms with Gasteiger partial charge in [0, 0.05) is 19.2 Å². The fourth-order valence-electron chi connectivity index (χ4n) is 2.36. The van der Waals surface area contributed by atoms with Gasteiger partial charge >= 0.3 is 0 Å². The van der Waals surface area contributed by atoms with Gasteiger partial charge in [-0.3, -0.25) is 14.9 Å². The van der Waals surface area contributed by atoms with Gasteiger partial charge in [-0.25, -0.2) is 4.98 Å². The Hall–Kier alpha value is -3.00. The van der Waals surface area contributed by atoms with Crippen molar-refractivity contribution in [2.75, 3.05) is 13.7 Å². The lowest BCUT2D eigenvalue weighted by Gasteiger charge is -2.23. The number of benzene rings is 2. The average Bonchev–Trinajstić information content (AvgIpc) is 3.09. The van der Waals surface area contributed by atoms with Crippen molar-refractivity contribution in [3.8, 4) is 5.75 Å². The van der Waals surface area contributed by atoms with Crippen LogP contribution < -0.4 is 4.74 Å². The first-order valence-corrected chi connectivity index (χ1v) is 8.75. The molecule has 0 saturated carbocycles. The van der Waals surface area contributed by atoms with Crippen molar-refractivity contribution in [3.63, 3.8) is 0 Å². The van der Waals surface area contributed by atoms with Crippen LogP contribution in [0.15, 0.2) is 48.5 Å². The molecule has 1 atom stereocenters. The monoisotopic (exact) mass is 371 g/mol. The Labute approximate surface area is 154 Å². The number of nitro groups is 1. The summed E-state index contributed by atoms with van der Waals surface area (Å²) in [6.07, 6.45) is 0. The standard InChI is InChI=1S/C18H17N3O4S/c1-12(18-19-15-5-3-4-6-16(15)26-18)20(2)17(22)11-25-14-9-7-13(8-10-14)21(23)24/h3-10,12H,11H2,1-2H3/t12-/m1/s1. The largest absolute Gasteiger partial charge is 0.484 e. The second-order valence-electron chi connectivity index (χ2n) is 5.74. The summed E-state index contributed by atoms with van der Waals surface area (Å²) in [5.74, 6) is 0.208. The topological polar surface area (TPSA) is 85.6 Å².